The van der Waals surface area contributed by atoms with E-state index in [-0.39, 0.29) is 18.0 Å². The molecule has 2 rings (SSSR count). The first kappa shape index (κ1) is 14.7. The molecular formula is C13H18N4O2S. The Morgan fingerprint density at radius 2 is 2.30 bits per heavy atom. The Bertz CT molecular complexity index is 647. The molecule has 6 nitrogen and oxygen atoms in total. The minimum Gasteiger partial charge on any atom is -0.355 e. The second kappa shape index (κ2) is 6.62. The first-order valence-electron chi connectivity index (χ1n) is 6.50. The molecule has 0 aliphatic heterocycles. The summed E-state index contributed by atoms with van der Waals surface area (Å²) < 4.78 is 0.628. The highest BCUT2D eigenvalue weighted by Gasteiger charge is 2.06. The van der Waals surface area contributed by atoms with E-state index in [9.17, 15) is 9.59 Å². The fourth-order valence-corrected chi connectivity index (χ4v) is 2.41. The highest BCUT2D eigenvalue weighted by atomic mass is 32.1. The summed E-state index contributed by atoms with van der Waals surface area (Å²) in [6.07, 6.45) is 0. The van der Waals surface area contributed by atoms with Crippen molar-refractivity contribution >= 4 is 27.5 Å². The number of amides is 1. The van der Waals surface area contributed by atoms with Gasteiger partial charge in [0.15, 0.2) is 0 Å². The van der Waals surface area contributed by atoms with Gasteiger partial charge in [-0.05, 0) is 17.4 Å². The van der Waals surface area contributed by atoms with Crippen molar-refractivity contribution in [1.82, 2.24) is 20.6 Å². The average molecular weight is 294 g/mol. The smallest absolute Gasteiger partial charge is 0.268 e. The van der Waals surface area contributed by atoms with Gasteiger partial charge in [-0.1, -0.05) is 13.8 Å². The molecular weight excluding hydrogens is 276 g/mol. The van der Waals surface area contributed by atoms with Gasteiger partial charge < -0.3 is 15.6 Å². The minimum atomic E-state index is -0.133. The summed E-state index contributed by atoms with van der Waals surface area (Å²) >= 11 is 1.37. The Kier molecular flexibility index (Phi) is 4.86. The molecule has 0 aliphatic carbocycles. The lowest BCUT2D eigenvalue weighted by atomic mass is 10.2. The Morgan fingerprint density at radius 1 is 1.50 bits per heavy atom. The molecule has 7 heteroatoms. The number of hydrogen-bond donors (Lipinski definition) is 3. The standard InChI is InChI=1S/C13H18N4O2S/c1-8(2)5-15-11(18)7-14-6-10-16-9-3-4-20-12(9)13(19)17-10/h3-4,8,14H,5-7H2,1-2H3,(H,15,18)(H,16,17,19). The number of nitrogens with one attached hydrogen (secondary N) is 3. The number of aromatic amines is 1. The molecule has 0 radical (unpaired) electrons. The van der Waals surface area contributed by atoms with Crippen LogP contribution in [0.3, 0.4) is 0 Å². The molecule has 0 aliphatic rings. The lowest BCUT2D eigenvalue weighted by molar-refractivity contribution is -0.120. The van der Waals surface area contributed by atoms with Crippen LogP contribution in [0.1, 0.15) is 19.7 Å². The van der Waals surface area contributed by atoms with Crippen LogP contribution in [0.25, 0.3) is 10.2 Å². The van der Waals surface area contributed by atoms with Crippen LogP contribution >= 0.6 is 11.3 Å². The summed E-state index contributed by atoms with van der Waals surface area (Å²) in [7, 11) is 0. The van der Waals surface area contributed by atoms with Crippen molar-refractivity contribution in [2.24, 2.45) is 5.92 Å². The third-order valence-electron chi connectivity index (χ3n) is 2.65. The molecule has 0 bridgehead atoms. The van der Waals surface area contributed by atoms with Gasteiger partial charge in [-0.15, -0.1) is 11.3 Å². The van der Waals surface area contributed by atoms with E-state index in [1.54, 1.807) is 0 Å². The van der Waals surface area contributed by atoms with Crippen LogP contribution in [-0.4, -0.2) is 29.0 Å². The maximum Gasteiger partial charge on any atom is 0.268 e. The molecule has 0 unspecified atom stereocenters. The minimum absolute atomic E-state index is 0.0577. The number of nitrogens with zero attached hydrogens (tertiary/aromatic N) is 1. The molecule has 20 heavy (non-hydrogen) atoms. The molecule has 2 aromatic heterocycles. The third kappa shape index (κ3) is 3.88. The Balaban J connectivity index is 1.86. The molecule has 2 heterocycles. The molecule has 0 spiro atoms. The van der Waals surface area contributed by atoms with Crippen LogP contribution in [0.15, 0.2) is 16.2 Å². The molecule has 108 valence electrons. The van der Waals surface area contributed by atoms with Crippen LogP contribution in [0.2, 0.25) is 0 Å². The Hall–Kier alpha value is -1.73. The highest BCUT2D eigenvalue weighted by molar-refractivity contribution is 7.17. The third-order valence-corrected chi connectivity index (χ3v) is 3.55. The van der Waals surface area contributed by atoms with Crippen molar-refractivity contribution in [2.45, 2.75) is 20.4 Å². The van der Waals surface area contributed by atoms with Gasteiger partial charge in [-0.25, -0.2) is 4.98 Å². The van der Waals surface area contributed by atoms with Crippen LogP contribution in [0, 0.1) is 5.92 Å². The molecule has 0 fully saturated rings. The number of carbonyl (C=O) groups is 1. The van der Waals surface area contributed by atoms with Crippen LogP contribution < -0.4 is 16.2 Å². The van der Waals surface area contributed by atoms with Gasteiger partial charge in [0, 0.05) is 6.54 Å². The first-order chi connectivity index (χ1) is 9.56. The number of aromatic nitrogens is 2. The van der Waals surface area contributed by atoms with Gasteiger partial charge in [0.05, 0.1) is 18.6 Å². The van der Waals surface area contributed by atoms with Gasteiger partial charge in [0.2, 0.25) is 5.91 Å². The molecule has 3 N–H and O–H groups in total. The van der Waals surface area contributed by atoms with E-state index in [4.69, 9.17) is 0 Å². The van der Waals surface area contributed by atoms with E-state index in [2.05, 4.69) is 20.6 Å². The monoisotopic (exact) mass is 294 g/mol. The summed E-state index contributed by atoms with van der Waals surface area (Å²) in [5.74, 6) is 0.910. The number of carbonyl (C=O) groups excluding carboxylic acids is 1. The van der Waals surface area contributed by atoms with Crippen LogP contribution in [-0.2, 0) is 11.3 Å². The quantitative estimate of drug-likeness (QED) is 0.737. The number of rotatable bonds is 6. The Morgan fingerprint density at radius 3 is 3.05 bits per heavy atom. The predicted octanol–water partition coefficient (Wildman–Crippen LogP) is 0.846. The zero-order chi connectivity index (χ0) is 14.5. The first-order valence-corrected chi connectivity index (χ1v) is 7.38. The predicted molar refractivity (Wildman–Crippen MR) is 79.8 cm³/mol. The number of H-pyrrole nitrogens is 1. The normalized spacial score (nSPS) is 11.2. The zero-order valence-corrected chi connectivity index (χ0v) is 12.3. The largest absolute Gasteiger partial charge is 0.355 e. The van der Waals surface area contributed by atoms with Crippen LogP contribution in [0.5, 0.6) is 0 Å². The van der Waals surface area contributed by atoms with Crippen molar-refractivity contribution in [3.63, 3.8) is 0 Å². The number of hydrogen-bond acceptors (Lipinski definition) is 5. The topological polar surface area (TPSA) is 86.9 Å². The fraction of sp³-hybridized carbons (Fsp3) is 0.462. The zero-order valence-electron chi connectivity index (χ0n) is 11.5. The van der Waals surface area contributed by atoms with Gasteiger partial charge >= 0.3 is 0 Å². The summed E-state index contributed by atoms with van der Waals surface area (Å²) in [5, 5.41) is 7.62. The van der Waals surface area contributed by atoms with Gasteiger partial charge in [0.25, 0.3) is 5.56 Å². The van der Waals surface area contributed by atoms with E-state index in [1.165, 1.54) is 11.3 Å². The summed E-state index contributed by atoms with van der Waals surface area (Å²) in [4.78, 5) is 30.3. The second-order valence-corrected chi connectivity index (χ2v) is 5.87. The van der Waals surface area contributed by atoms with E-state index >= 15 is 0 Å². The van der Waals surface area contributed by atoms with Crippen molar-refractivity contribution in [3.8, 4) is 0 Å². The lowest BCUT2D eigenvalue weighted by Crippen LogP contribution is -2.36. The fourth-order valence-electron chi connectivity index (χ4n) is 1.68. The maximum atomic E-state index is 11.7. The number of fused-ring (bicyclic) bond motifs is 1. The van der Waals surface area contributed by atoms with E-state index in [1.807, 2.05) is 25.3 Å². The van der Waals surface area contributed by atoms with Gasteiger partial charge in [-0.3, -0.25) is 9.59 Å². The highest BCUT2D eigenvalue weighted by Crippen LogP contribution is 2.13. The van der Waals surface area contributed by atoms with Crippen molar-refractivity contribution in [3.05, 3.63) is 27.6 Å². The molecule has 0 aromatic carbocycles. The average Bonchev–Trinajstić information content (AvgIpc) is 2.85. The molecule has 1 amide bonds. The molecule has 0 saturated carbocycles. The molecule has 2 aromatic rings. The Labute approximate surface area is 120 Å². The molecule has 0 saturated heterocycles. The van der Waals surface area contributed by atoms with Crippen molar-refractivity contribution in [1.29, 1.82) is 0 Å². The van der Waals surface area contributed by atoms with Crippen LogP contribution in [0.4, 0.5) is 0 Å². The van der Waals surface area contributed by atoms with Gasteiger partial charge in [-0.2, -0.15) is 0 Å². The van der Waals surface area contributed by atoms with Crippen molar-refractivity contribution in [2.75, 3.05) is 13.1 Å². The molecule has 0 atom stereocenters. The second-order valence-electron chi connectivity index (χ2n) is 4.95. The lowest BCUT2D eigenvalue weighted by Gasteiger charge is -2.08. The van der Waals surface area contributed by atoms with E-state index in [0.29, 0.717) is 35.0 Å². The van der Waals surface area contributed by atoms with Gasteiger partial charge in [0.1, 0.15) is 10.5 Å². The summed E-state index contributed by atoms with van der Waals surface area (Å²) in [6.45, 7) is 5.31. The summed E-state index contributed by atoms with van der Waals surface area (Å²) in [6, 6.07) is 1.81. The SMILES string of the molecule is CC(C)CNC(=O)CNCc1nc2ccsc2c(=O)[nH]1. The van der Waals surface area contributed by atoms with E-state index < -0.39 is 0 Å². The summed E-state index contributed by atoms with van der Waals surface area (Å²) in [5.41, 5.74) is 0.561. The van der Waals surface area contributed by atoms with Crippen molar-refractivity contribution < 1.29 is 4.79 Å². The number of thiophene rings is 1. The van der Waals surface area contributed by atoms with E-state index in [0.717, 1.165) is 0 Å². The maximum absolute atomic E-state index is 11.7.